The van der Waals surface area contributed by atoms with Gasteiger partial charge in [-0.1, -0.05) is 290 Å². The van der Waals surface area contributed by atoms with E-state index in [1.165, 1.54) is 161 Å². The fourth-order valence-electron chi connectivity index (χ4n) is 9.40. The van der Waals surface area contributed by atoms with E-state index in [2.05, 4.69) is 142 Å². The molecule has 1 unspecified atom stereocenters. The average Bonchev–Trinajstić information content (AvgIpc) is 3.47. The minimum Gasteiger partial charge on any atom is -0.462 e. The van der Waals surface area contributed by atoms with Crippen LogP contribution in [0.1, 0.15) is 316 Å². The molecule has 0 fully saturated rings. The molecule has 462 valence electrons. The topological polar surface area (TPSA) is 78.9 Å². The van der Waals surface area contributed by atoms with Crippen molar-refractivity contribution in [1.29, 1.82) is 0 Å². The maximum atomic E-state index is 12.9. The third kappa shape index (κ3) is 66.5. The summed E-state index contributed by atoms with van der Waals surface area (Å²) < 4.78 is 16.9. The molecule has 0 aromatic carbocycles. The Hall–Kier alpha value is -4.19. The molecule has 0 aliphatic carbocycles. The summed E-state index contributed by atoms with van der Waals surface area (Å²) in [5.41, 5.74) is 0. The van der Waals surface area contributed by atoms with Crippen molar-refractivity contribution in [2.45, 2.75) is 322 Å². The average molecular weight is 1120 g/mol. The van der Waals surface area contributed by atoms with Crippen LogP contribution in [0.15, 0.2) is 122 Å². The van der Waals surface area contributed by atoms with Crippen molar-refractivity contribution in [3.8, 4) is 0 Å². The van der Waals surface area contributed by atoms with Crippen molar-refractivity contribution in [1.82, 2.24) is 0 Å². The van der Waals surface area contributed by atoms with Crippen LogP contribution in [0.25, 0.3) is 0 Å². The Balaban J connectivity index is 4.35. The molecule has 1 atom stereocenters. The van der Waals surface area contributed by atoms with Crippen LogP contribution >= 0.6 is 0 Å². The SMILES string of the molecule is CC/C=C\C/C=C\C/C=C\C/C=C\CCCCCCCCCCCCCCCCC(=O)OCC(COC(=O)CCCC/C=C\C/C=C\C/C=C\C/C=C\CC)OC(=O)CCCCCCCCCCC/C=C\C/C=C\CCCCCCC. The van der Waals surface area contributed by atoms with Crippen molar-refractivity contribution in [2.75, 3.05) is 13.2 Å². The third-order valence-corrected chi connectivity index (χ3v) is 14.4. The van der Waals surface area contributed by atoms with Gasteiger partial charge in [-0.15, -0.1) is 0 Å². The monoisotopic (exact) mass is 1120 g/mol. The van der Waals surface area contributed by atoms with Gasteiger partial charge >= 0.3 is 17.9 Å². The molecule has 81 heavy (non-hydrogen) atoms. The fraction of sp³-hybridized carbons (Fsp3) is 0.693. The first-order chi connectivity index (χ1) is 40.0. The van der Waals surface area contributed by atoms with Crippen LogP contribution in [-0.4, -0.2) is 37.2 Å². The van der Waals surface area contributed by atoms with Crippen molar-refractivity contribution in [3.63, 3.8) is 0 Å². The van der Waals surface area contributed by atoms with Gasteiger partial charge in [-0.2, -0.15) is 0 Å². The summed E-state index contributed by atoms with van der Waals surface area (Å²) in [5.74, 6) is -0.933. The normalized spacial score (nSPS) is 12.9. The molecule has 0 bridgehead atoms. The van der Waals surface area contributed by atoms with Crippen LogP contribution in [0, 0.1) is 0 Å². The van der Waals surface area contributed by atoms with E-state index in [9.17, 15) is 14.4 Å². The maximum absolute atomic E-state index is 12.9. The largest absolute Gasteiger partial charge is 0.462 e. The molecular formula is C75H126O6. The molecule has 0 rings (SSSR count). The van der Waals surface area contributed by atoms with Gasteiger partial charge in [-0.25, -0.2) is 0 Å². The van der Waals surface area contributed by atoms with Crippen molar-refractivity contribution >= 4 is 17.9 Å². The number of rotatable bonds is 61. The van der Waals surface area contributed by atoms with Crippen molar-refractivity contribution in [3.05, 3.63) is 122 Å². The van der Waals surface area contributed by atoms with Crippen molar-refractivity contribution < 1.29 is 28.6 Å². The number of ether oxygens (including phenoxy) is 3. The molecule has 0 aliphatic heterocycles. The Morgan fingerprint density at radius 3 is 0.778 bits per heavy atom. The fourth-order valence-corrected chi connectivity index (χ4v) is 9.40. The summed E-state index contributed by atoms with van der Waals surface area (Å²) in [4.78, 5) is 38.4. The molecule has 0 aromatic rings. The summed E-state index contributed by atoms with van der Waals surface area (Å²) in [6, 6.07) is 0. The van der Waals surface area contributed by atoms with E-state index in [0.29, 0.717) is 19.3 Å². The predicted molar refractivity (Wildman–Crippen MR) is 353 cm³/mol. The highest BCUT2D eigenvalue weighted by Crippen LogP contribution is 2.16. The summed E-state index contributed by atoms with van der Waals surface area (Å²) in [5, 5.41) is 0. The lowest BCUT2D eigenvalue weighted by Gasteiger charge is -2.18. The second-order valence-corrected chi connectivity index (χ2v) is 22.3. The lowest BCUT2D eigenvalue weighted by molar-refractivity contribution is -0.167. The first-order valence-corrected chi connectivity index (χ1v) is 34.0. The Kier molecular flexibility index (Phi) is 64.8. The zero-order valence-corrected chi connectivity index (χ0v) is 53.0. The second kappa shape index (κ2) is 68.3. The van der Waals surface area contributed by atoms with Crippen LogP contribution in [0.2, 0.25) is 0 Å². The number of hydrogen-bond acceptors (Lipinski definition) is 6. The molecule has 6 heteroatoms. The minimum atomic E-state index is -0.802. The van der Waals surface area contributed by atoms with Gasteiger partial charge in [-0.05, 0) is 128 Å². The van der Waals surface area contributed by atoms with Crippen molar-refractivity contribution in [2.24, 2.45) is 0 Å². The Labute approximate surface area is 501 Å². The maximum Gasteiger partial charge on any atom is 0.306 e. The third-order valence-electron chi connectivity index (χ3n) is 14.4. The van der Waals surface area contributed by atoms with E-state index in [1.54, 1.807) is 0 Å². The molecule has 0 saturated heterocycles. The smallest absolute Gasteiger partial charge is 0.306 e. The first-order valence-electron chi connectivity index (χ1n) is 34.0. The van der Waals surface area contributed by atoms with E-state index in [0.717, 1.165) is 116 Å². The van der Waals surface area contributed by atoms with Gasteiger partial charge in [0.15, 0.2) is 6.10 Å². The zero-order valence-electron chi connectivity index (χ0n) is 53.0. The highest BCUT2D eigenvalue weighted by atomic mass is 16.6. The molecule has 0 radical (unpaired) electrons. The van der Waals surface area contributed by atoms with Crippen LogP contribution in [0.4, 0.5) is 0 Å². The number of esters is 3. The van der Waals surface area contributed by atoms with Gasteiger partial charge in [0.05, 0.1) is 0 Å². The molecule has 0 aromatic heterocycles. The van der Waals surface area contributed by atoms with E-state index in [1.807, 2.05) is 0 Å². The highest BCUT2D eigenvalue weighted by Gasteiger charge is 2.19. The van der Waals surface area contributed by atoms with Crippen LogP contribution < -0.4 is 0 Å². The number of allylic oxidation sites excluding steroid dienone is 20. The number of carbonyl (C=O) groups is 3. The Morgan fingerprint density at radius 2 is 0.481 bits per heavy atom. The summed E-state index contributed by atoms with van der Waals surface area (Å²) in [6.07, 6.45) is 95.0. The number of hydrogen-bond donors (Lipinski definition) is 0. The van der Waals surface area contributed by atoms with Crippen LogP contribution in [0.5, 0.6) is 0 Å². The molecule has 6 nitrogen and oxygen atoms in total. The summed E-state index contributed by atoms with van der Waals surface area (Å²) >= 11 is 0. The van der Waals surface area contributed by atoms with Crippen LogP contribution in [-0.2, 0) is 28.6 Å². The van der Waals surface area contributed by atoms with Gasteiger partial charge in [0, 0.05) is 19.3 Å². The number of unbranched alkanes of at least 4 members (excludes halogenated alkanes) is 30. The molecule has 0 N–H and O–H groups in total. The quantitative estimate of drug-likeness (QED) is 0.0261. The minimum absolute atomic E-state index is 0.0939. The lowest BCUT2D eigenvalue weighted by Crippen LogP contribution is -2.30. The molecular weight excluding hydrogens is 997 g/mol. The molecule has 0 aliphatic rings. The lowest BCUT2D eigenvalue weighted by atomic mass is 10.0. The Bertz CT molecular complexity index is 1670. The van der Waals surface area contributed by atoms with E-state index in [-0.39, 0.29) is 31.1 Å². The highest BCUT2D eigenvalue weighted by molar-refractivity contribution is 5.71. The Morgan fingerprint density at radius 1 is 0.259 bits per heavy atom. The first kappa shape index (κ1) is 76.8. The van der Waals surface area contributed by atoms with Gasteiger partial charge in [0.1, 0.15) is 13.2 Å². The second-order valence-electron chi connectivity index (χ2n) is 22.3. The summed E-state index contributed by atoms with van der Waals surface area (Å²) in [7, 11) is 0. The standard InChI is InChI=1S/C75H126O6/c1-4-7-10-13-16-19-22-25-28-30-32-34-35-36-37-38-39-41-42-44-47-50-53-56-59-62-65-68-74(77)80-71-72(70-79-73(76)67-64-61-58-55-52-49-46-27-24-21-18-15-12-9-6-3)81-75(78)69-66-63-60-57-54-51-48-45-43-40-33-31-29-26-23-20-17-14-11-8-5-2/h7,9-10,12,16,18-19,21,23,25-28,31-34,46,52,55,72H,4-6,8,11,13-15,17,20,22,24,29-30,35-45,47-51,53-54,56-71H2,1-3H3/b10-7-,12-9-,19-16-,21-18-,26-23-,28-25-,33-31-,34-32-,46-27-,55-52-. The predicted octanol–water partition coefficient (Wildman–Crippen LogP) is 23.6. The van der Waals surface area contributed by atoms with Gasteiger partial charge in [0.2, 0.25) is 0 Å². The van der Waals surface area contributed by atoms with Gasteiger partial charge < -0.3 is 14.2 Å². The molecule has 0 saturated carbocycles. The van der Waals surface area contributed by atoms with E-state index < -0.39 is 6.10 Å². The summed E-state index contributed by atoms with van der Waals surface area (Å²) in [6.45, 7) is 6.39. The molecule has 0 amide bonds. The number of carbonyl (C=O) groups excluding carboxylic acids is 3. The zero-order chi connectivity index (χ0) is 58.5. The molecule has 0 spiro atoms. The van der Waals surface area contributed by atoms with Gasteiger partial charge in [-0.3, -0.25) is 14.4 Å². The molecule has 0 heterocycles. The van der Waals surface area contributed by atoms with Crippen LogP contribution in [0.3, 0.4) is 0 Å². The van der Waals surface area contributed by atoms with E-state index in [4.69, 9.17) is 14.2 Å². The van der Waals surface area contributed by atoms with Gasteiger partial charge in [0.25, 0.3) is 0 Å². The van der Waals surface area contributed by atoms with E-state index >= 15 is 0 Å².